The van der Waals surface area contributed by atoms with E-state index in [2.05, 4.69) is 43.7 Å². The van der Waals surface area contributed by atoms with E-state index in [1.165, 1.54) is 11.1 Å². The molecular formula is C19H22N6O. The number of hydrogen-bond acceptors (Lipinski definition) is 6. The van der Waals surface area contributed by atoms with Crippen molar-refractivity contribution in [3.63, 3.8) is 0 Å². The highest BCUT2D eigenvalue weighted by molar-refractivity contribution is 5.47. The van der Waals surface area contributed by atoms with Crippen LogP contribution in [0.3, 0.4) is 0 Å². The van der Waals surface area contributed by atoms with E-state index < -0.39 is 0 Å². The van der Waals surface area contributed by atoms with Crippen molar-refractivity contribution < 1.29 is 4.74 Å². The predicted molar refractivity (Wildman–Crippen MR) is 98.6 cm³/mol. The Hall–Kier alpha value is -2.67. The van der Waals surface area contributed by atoms with E-state index >= 15 is 0 Å². The Kier molecular flexibility index (Phi) is 3.74. The van der Waals surface area contributed by atoms with Gasteiger partial charge in [0.05, 0.1) is 6.61 Å². The number of nitrogens with zero attached hydrogens (tertiary/aromatic N) is 5. The van der Waals surface area contributed by atoms with Gasteiger partial charge in [-0.2, -0.15) is 4.52 Å². The fourth-order valence-electron chi connectivity index (χ4n) is 3.71. The highest BCUT2D eigenvalue weighted by Gasteiger charge is 2.27. The molecule has 2 aliphatic heterocycles. The zero-order valence-electron chi connectivity index (χ0n) is 14.9. The van der Waals surface area contributed by atoms with E-state index in [9.17, 15) is 0 Å². The first-order valence-corrected chi connectivity index (χ1v) is 9.15. The van der Waals surface area contributed by atoms with Gasteiger partial charge in [-0.3, -0.25) is 0 Å². The maximum absolute atomic E-state index is 5.56. The van der Waals surface area contributed by atoms with Crippen LogP contribution in [0.15, 0.2) is 30.3 Å². The van der Waals surface area contributed by atoms with E-state index in [-0.39, 0.29) is 0 Å². The molecule has 5 rings (SSSR count). The predicted octanol–water partition coefficient (Wildman–Crippen LogP) is 1.59. The smallest absolute Gasteiger partial charge is 0.178 e. The van der Waals surface area contributed by atoms with Crippen molar-refractivity contribution in [2.45, 2.75) is 19.9 Å². The summed E-state index contributed by atoms with van der Waals surface area (Å²) >= 11 is 0. The molecular weight excluding hydrogens is 328 g/mol. The van der Waals surface area contributed by atoms with Gasteiger partial charge in [-0.15, -0.1) is 15.3 Å². The lowest BCUT2D eigenvalue weighted by molar-refractivity contribution is 0.356. The van der Waals surface area contributed by atoms with E-state index in [1.807, 2.05) is 19.1 Å². The summed E-state index contributed by atoms with van der Waals surface area (Å²) in [5, 5.41) is 16.4. The van der Waals surface area contributed by atoms with Gasteiger partial charge in [0.15, 0.2) is 11.5 Å². The normalized spacial score (nSPS) is 16.6. The second kappa shape index (κ2) is 6.25. The van der Waals surface area contributed by atoms with Crippen molar-refractivity contribution in [2.75, 3.05) is 31.1 Å². The first kappa shape index (κ1) is 15.6. The van der Waals surface area contributed by atoms with Crippen molar-refractivity contribution >= 4 is 11.5 Å². The number of aryl methyl sites for hydroxylation is 1. The van der Waals surface area contributed by atoms with Gasteiger partial charge in [-0.25, -0.2) is 0 Å². The number of nitrogens with one attached hydrogen (secondary N) is 1. The molecule has 134 valence electrons. The summed E-state index contributed by atoms with van der Waals surface area (Å²) in [6.45, 7) is 6.74. The molecule has 3 aromatic rings. The van der Waals surface area contributed by atoms with Crippen molar-refractivity contribution in [1.29, 1.82) is 0 Å². The number of benzene rings is 1. The van der Waals surface area contributed by atoms with Crippen LogP contribution in [0.1, 0.15) is 17.0 Å². The third-order valence-corrected chi connectivity index (χ3v) is 5.20. The van der Waals surface area contributed by atoms with Crippen LogP contribution in [0.5, 0.6) is 5.75 Å². The van der Waals surface area contributed by atoms with Gasteiger partial charge < -0.3 is 15.0 Å². The number of anilines is 1. The lowest BCUT2D eigenvalue weighted by atomic mass is 10.00. The Bertz CT molecular complexity index is 946. The first-order valence-electron chi connectivity index (χ1n) is 9.15. The summed E-state index contributed by atoms with van der Waals surface area (Å²) in [6.07, 6.45) is 1.03. The minimum atomic E-state index is 0.660. The summed E-state index contributed by atoms with van der Waals surface area (Å²) in [4.78, 5) is 2.30. The summed E-state index contributed by atoms with van der Waals surface area (Å²) in [5.41, 5.74) is 3.47. The molecule has 0 unspecified atom stereocenters. The fraction of sp³-hybridized carbons (Fsp3) is 0.421. The second-order valence-electron chi connectivity index (χ2n) is 7.15. The van der Waals surface area contributed by atoms with Gasteiger partial charge in [0.1, 0.15) is 11.6 Å². The molecule has 26 heavy (non-hydrogen) atoms. The molecule has 0 radical (unpaired) electrons. The van der Waals surface area contributed by atoms with Crippen molar-refractivity contribution in [1.82, 2.24) is 25.1 Å². The Morgan fingerprint density at radius 2 is 2.12 bits per heavy atom. The summed E-state index contributed by atoms with van der Waals surface area (Å²) < 4.78 is 7.37. The number of rotatable bonds is 5. The summed E-state index contributed by atoms with van der Waals surface area (Å²) in [6, 6.07) is 10.5. The average molecular weight is 350 g/mol. The van der Waals surface area contributed by atoms with Crippen molar-refractivity contribution in [3.8, 4) is 5.75 Å². The zero-order valence-corrected chi connectivity index (χ0v) is 14.9. The molecule has 1 saturated heterocycles. The molecule has 1 fully saturated rings. The Balaban J connectivity index is 1.13. The van der Waals surface area contributed by atoms with Crippen LogP contribution in [0.25, 0.3) is 5.65 Å². The second-order valence-corrected chi connectivity index (χ2v) is 7.15. The van der Waals surface area contributed by atoms with Crippen molar-refractivity contribution in [3.05, 3.63) is 47.3 Å². The third kappa shape index (κ3) is 2.78. The number of aromatic nitrogens is 4. The minimum absolute atomic E-state index is 0.660. The number of fused-ring (bicyclic) bond motifs is 2. The Labute approximate surface area is 152 Å². The maximum atomic E-state index is 5.56. The van der Waals surface area contributed by atoms with E-state index in [1.54, 1.807) is 4.52 Å². The monoisotopic (exact) mass is 350 g/mol. The highest BCUT2D eigenvalue weighted by Crippen LogP contribution is 2.26. The molecule has 2 aromatic heterocycles. The number of hydrogen-bond donors (Lipinski definition) is 1. The number of ether oxygens (including phenoxy) is 1. The van der Waals surface area contributed by atoms with E-state index in [0.717, 1.165) is 62.2 Å². The SMILES string of the molecule is Cc1nnc2ccc(N3CC(CNCc4ccc5c(c4)CCO5)C3)nn12. The minimum Gasteiger partial charge on any atom is -0.493 e. The van der Waals surface area contributed by atoms with Gasteiger partial charge >= 0.3 is 0 Å². The van der Waals surface area contributed by atoms with E-state index in [0.29, 0.717) is 5.92 Å². The molecule has 0 atom stereocenters. The van der Waals surface area contributed by atoms with Crippen LogP contribution in [0.4, 0.5) is 5.82 Å². The van der Waals surface area contributed by atoms with Gasteiger partial charge in [0, 0.05) is 38.5 Å². The first-order chi connectivity index (χ1) is 12.8. The molecule has 7 heteroatoms. The highest BCUT2D eigenvalue weighted by atomic mass is 16.5. The van der Waals surface area contributed by atoms with Crippen LogP contribution < -0.4 is 15.0 Å². The quantitative estimate of drug-likeness (QED) is 0.754. The zero-order chi connectivity index (χ0) is 17.5. The van der Waals surface area contributed by atoms with Crippen LogP contribution in [-0.2, 0) is 13.0 Å². The van der Waals surface area contributed by atoms with Gasteiger partial charge in [0.2, 0.25) is 0 Å². The Morgan fingerprint density at radius 3 is 3.04 bits per heavy atom. The maximum Gasteiger partial charge on any atom is 0.178 e. The van der Waals surface area contributed by atoms with Crippen LogP contribution in [0.2, 0.25) is 0 Å². The van der Waals surface area contributed by atoms with Gasteiger partial charge in [0.25, 0.3) is 0 Å². The van der Waals surface area contributed by atoms with Gasteiger partial charge in [-0.1, -0.05) is 12.1 Å². The molecule has 2 aliphatic rings. The van der Waals surface area contributed by atoms with Crippen LogP contribution >= 0.6 is 0 Å². The lowest BCUT2D eigenvalue weighted by Gasteiger charge is -2.40. The topological polar surface area (TPSA) is 67.6 Å². The Morgan fingerprint density at radius 1 is 1.19 bits per heavy atom. The molecule has 1 aromatic carbocycles. The molecule has 4 heterocycles. The van der Waals surface area contributed by atoms with E-state index in [4.69, 9.17) is 4.74 Å². The lowest BCUT2D eigenvalue weighted by Crippen LogP contribution is -2.51. The van der Waals surface area contributed by atoms with Crippen molar-refractivity contribution in [2.24, 2.45) is 5.92 Å². The molecule has 1 N–H and O–H groups in total. The molecule has 0 spiro atoms. The van der Waals surface area contributed by atoms with Crippen LogP contribution in [0, 0.1) is 12.8 Å². The van der Waals surface area contributed by atoms with Gasteiger partial charge in [-0.05, 0) is 36.2 Å². The molecule has 0 saturated carbocycles. The molecule has 0 bridgehead atoms. The molecule has 0 amide bonds. The summed E-state index contributed by atoms with van der Waals surface area (Å²) in [5.74, 6) is 3.53. The molecule has 0 aliphatic carbocycles. The molecule has 7 nitrogen and oxygen atoms in total. The third-order valence-electron chi connectivity index (χ3n) is 5.20. The largest absolute Gasteiger partial charge is 0.493 e. The van der Waals surface area contributed by atoms with Crippen LogP contribution in [-0.4, -0.2) is 46.1 Å². The average Bonchev–Trinajstić information content (AvgIpc) is 3.23. The summed E-state index contributed by atoms with van der Waals surface area (Å²) in [7, 11) is 0. The standard InChI is InChI=1S/C19H22N6O/c1-13-21-22-18-4-5-19(23-25(13)18)24-11-15(12-24)10-20-9-14-2-3-17-16(8-14)6-7-26-17/h2-5,8,15,20H,6-7,9-12H2,1H3. The fourth-order valence-corrected chi connectivity index (χ4v) is 3.71.